The maximum Gasteiger partial charge on any atom is 0.274 e. The molecule has 0 aliphatic rings. The summed E-state index contributed by atoms with van der Waals surface area (Å²) < 4.78 is 27.6. The fourth-order valence-electron chi connectivity index (χ4n) is 3.02. The Morgan fingerprint density at radius 1 is 0.968 bits per heavy atom. The Kier molecular flexibility index (Phi) is 6.36. The van der Waals surface area contributed by atoms with E-state index in [4.69, 9.17) is 0 Å². The zero-order valence-corrected chi connectivity index (χ0v) is 17.8. The van der Waals surface area contributed by atoms with Crippen molar-refractivity contribution in [3.8, 4) is 0 Å². The van der Waals surface area contributed by atoms with E-state index >= 15 is 0 Å². The van der Waals surface area contributed by atoms with Crippen LogP contribution in [0.5, 0.6) is 0 Å². The summed E-state index contributed by atoms with van der Waals surface area (Å²) in [5, 5.41) is 13.7. The lowest BCUT2D eigenvalue weighted by molar-refractivity contribution is -0.385. The third-order valence-electron chi connectivity index (χ3n) is 4.72. The second-order valence-corrected chi connectivity index (χ2v) is 8.78. The molecule has 0 aliphatic heterocycles. The Morgan fingerprint density at radius 3 is 2.23 bits per heavy atom. The summed E-state index contributed by atoms with van der Waals surface area (Å²) in [5.41, 5.74) is 1.64. The molecule has 3 aromatic rings. The van der Waals surface area contributed by atoms with Crippen LogP contribution in [0.25, 0.3) is 0 Å². The number of anilines is 2. The normalized spacial score (nSPS) is 11.0. The number of hydrogen-bond donors (Lipinski definition) is 1. The van der Waals surface area contributed by atoms with Gasteiger partial charge in [0.1, 0.15) is 6.54 Å². The molecule has 0 unspecified atom stereocenters. The second-order valence-electron chi connectivity index (χ2n) is 6.92. The van der Waals surface area contributed by atoms with Crippen LogP contribution in [0.1, 0.15) is 11.1 Å². The van der Waals surface area contributed by atoms with Gasteiger partial charge in [0.25, 0.3) is 15.7 Å². The Morgan fingerprint density at radius 2 is 1.61 bits per heavy atom. The Hall–Kier alpha value is -3.72. The maximum atomic E-state index is 13.3. The Balaban J connectivity index is 1.93. The number of para-hydroxylation sites is 1. The summed E-state index contributed by atoms with van der Waals surface area (Å²) in [7, 11) is -4.03. The van der Waals surface area contributed by atoms with Gasteiger partial charge < -0.3 is 5.32 Å². The molecule has 1 amide bonds. The zero-order valence-electron chi connectivity index (χ0n) is 17.0. The Bertz CT molecular complexity index is 1210. The summed E-state index contributed by atoms with van der Waals surface area (Å²) >= 11 is 0. The molecule has 0 bridgehead atoms. The molecular weight excluding hydrogens is 418 g/mol. The van der Waals surface area contributed by atoms with Gasteiger partial charge in [-0.2, -0.15) is 0 Å². The number of aryl methyl sites for hydroxylation is 1. The number of carbonyl (C=O) groups is 1. The highest BCUT2D eigenvalue weighted by molar-refractivity contribution is 7.92. The van der Waals surface area contributed by atoms with Crippen molar-refractivity contribution in [2.45, 2.75) is 18.7 Å². The van der Waals surface area contributed by atoms with Gasteiger partial charge in [-0.05, 0) is 44.2 Å². The van der Waals surface area contributed by atoms with Crippen molar-refractivity contribution >= 4 is 33.0 Å². The molecule has 31 heavy (non-hydrogen) atoms. The third kappa shape index (κ3) is 4.89. The molecule has 3 rings (SSSR count). The number of nitro groups is 1. The fourth-order valence-corrected chi connectivity index (χ4v) is 4.44. The largest absolute Gasteiger partial charge is 0.324 e. The fraction of sp³-hybridized carbons (Fsp3) is 0.136. The lowest BCUT2D eigenvalue weighted by Crippen LogP contribution is -2.38. The quantitative estimate of drug-likeness (QED) is 0.441. The molecule has 8 nitrogen and oxygen atoms in total. The highest BCUT2D eigenvalue weighted by atomic mass is 32.2. The van der Waals surface area contributed by atoms with Gasteiger partial charge in [-0.3, -0.25) is 19.2 Å². The summed E-state index contributed by atoms with van der Waals surface area (Å²) in [4.78, 5) is 23.4. The predicted octanol–water partition coefficient (Wildman–Crippen LogP) is 4.05. The van der Waals surface area contributed by atoms with Crippen LogP contribution in [0.15, 0.2) is 77.7 Å². The predicted molar refractivity (Wildman–Crippen MR) is 119 cm³/mol. The summed E-state index contributed by atoms with van der Waals surface area (Å²) in [5.74, 6) is -0.622. The van der Waals surface area contributed by atoms with Gasteiger partial charge in [-0.1, -0.05) is 42.0 Å². The van der Waals surface area contributed by atoms with Crippen LogP contribution in [0.2, 0.25) is 0 Å². The van der Waals surface area contributed by atoms with Gasteiger partial charge in [0.15, 0.2) is 0 Å². The molecule has 0 spiro atoms. The minimum absolute atomic E-state index is 0.0567. The van der Waals surface area contributed by atoms with Gasteiger partial charge >= 0.3 is 0 Å². The third-order valence-corrected chi connectivity index (χ3v) is 6.50. The van der Waals surface area contributed by atoms with Gasteiger partial charge in [0.2, 0.25) is 5.91 Å². The molecule has 0 fully saturated rings. The van der Waals surface area contributed by atoms with Crippen LogP contribution in [0.3, 0.4) is 0 Å². The molecule has 0 saturated carbocycles. The van der Waals surface area contributed by atoms with Crippen molar-refractivity contribution in [2.75, 3.05) is 16.2 Å². The van der Waals surface area contributed by atoms with Gasteiger partial charge in [0.05, 0.1) is 26.8 Å². The first-order chi connectivity index (χ1) is 14.7. The van der Waals surface area contributed by atoms with E-state index in [-0.39, 0.29) is 21.8 Å². The lowest BCUT2D eigenvalue weighted by atomic mass is 10.1. The van der Waals surface area contributed by atoms with E-state index in [2.05, 4.69) is 5.32 Å². The number of amides is 1. The SMILES string of the molecule is Cc1ccc(S(=O)(=O)N(CC(=O)Nc2cccc([N+](=O)[O-])c2C)c2ccccc2)cc1. The number of rotatable bonds is 7. The van der Waals surface area contributed by atoms with Crippen molar-refractivity contribution in [3.05, 3.63) is 94.0 Å². The minimum atomic E-state index is -4.03. The standard InChI is InChI=1S/C22H21N3O5S/c1-16-11-13-19(14-12-16)31(29,30)24(18-7-4-3-5-8-18)15-22(26)23-20-9-6-10-21(17(20)2)25(27)28/h3-14H,15H2,1-2H3,(H,23,26). The van der Waals surface area contributed by atoms with Gasteiger partial charge in [-0.15, -0.1) is 0 Å². The molecule has 0 atom stereocenters. The van der Waals surface area contributed by atoms with Gasteiger partial charge in [0, 0.05) is 6.07 Å². The average Bonchev–Trinajstić information content (AvgIpc) is 2.74. The first-order valence-corrected chi connectivity index (χ1v) is 10.8. The van der Waals surface area contributed by atoms with E-state index in [1.807, 2.05) is 6.92 Å². The van der Waals surface area contributed by atoms with Crippen molar-refractivity contribution in [2.24, 2.45) is 0 Å². The molecule has 0 radical (unpaired) electrons. The van der Waals surface area contributed by atoms with E-state index in [0.717, 1.165) is 9.87 Å². The zero-order chi connectivity index (χ0) is 22.6. The van der Waals surface area contributed by atoms with Crippen LogP contribution in [0, 0.1) is 24.0 Å². The number of nitrogens with one attached hydrogen (secondary N) is 1. The van der Waals surface area contributed by atoms with Crippen LogP contribution < -0.4 is 9.62 Å². The minimum Gasteiger partial charge on any atom is -0.324 e. The maximum absolute atomic E-state index is 13.3. The molecule has 0 saturated heterocycles. The Labute approximate surface area is 180 Å². The van der Waals surface area contributed by atoms with Crippen molar-refractivity contribution in [1.29, 1.82) is 0 Å². The summed E-state index contributed by atoms with van der Waals surface area (Å²) in [6.07, 6.45) is 0. The van der Waals surface area contributed by atoms with E-state index in [1.165, 1.54) is 37.3 Å². The molecule has 0 aromatic heterocycles. The van der Waals surface area contributed by atoms with E-state index in [0.29, 0.717) is 5.69 Å². The van der Waals surface area contributed by atoms with Crippen molar-refractivity contribution in [1.82, 2.24) is 0 Å². The van der Waals surface area contributed by atoms with Crippen LogP contribution in [-0.2, 0) is 14.8 Å². The monoisotopic (exact) mass is 439 g/mol. The molecule has 9 heteroatoms. The highest BCUT2D eigenvalue weighted by Crippen LogP contribution is 2.26. The first-order valence-electron chi connectivity index (χ1n) is 9.38. The second kappa shape index (κ2) is 8.97. The van der Waals surface area contributed by atoms with Crippen LogP contribution in [-0.4, -0.2) is 25.8 Å². The van der Waals surface area contributed by atoms with E-state index in [9.17, 15) is 23.3 Å². The number of nitrogens with zero attached hydrogens (tertiary/aromatic N) is 2. The summed E-state index contributed by atoms with van der Waals surface area (Å²) in [6, 6.07) is 19.0. The summed E-state index contributed by atoms with van der Waals surface area (Å²) in [6.45, 7) is 2.87. The molecule has 160 valence electrons. The van der Waals surface area contributed by atoms with Gasteiger partial charge in [-0.25, -0.2) is 8.42 Å². The smallest absolute Gasteiger partial charge is 0.274 e. The lowest BCUT2D eigenvalue weighted by Gasteiger charge is -2.24. The topological polar surface area (TPSA) is 110 Å². The first kappa shape index (κ1) is 22.0. The molecule has 0 aliphatic carbocycles. The van der Waals surface area contributed by atoms with Crippen molar-refractivity contribution in [3.63, 3.8) is 0 Å². The number of nitro benzene ring substituents is 1. The molecule has 1 N–H and O–H groups in total. The average molecular weight is 439 g/mol. The van der Waals surface area contributed by atoms with E-state index < -0.39 is 27.4 Å². The number of hydrogen-bond acceptors (Lipinski definition) is 5. The molecular formula is C22H21N3O5S. The highest BCUT2D eigenvalue weighted by Gasteiger charge is 2.27. The van der Waals surface area contributed by atoms with E-state index in [1.54, 1.807) is 42.5 Å². The van der Waals surface area contributed by atoms with Crippen LogP contribution in [0.4, 0.5) is 17.1 Å². The number of benzene rings is 3. The number of sulfonamides is 1. The number of carbonyl (C=O) groups excluding carboxylic acids is 1. The molecule has 0 heterocycles. The van der Waals surface area contributed by atoms with Crippen LogP contribution >= 0.6 is 0 Å². The molecule has 3 aromatic carbocycles. The van der Waals surface area contributed by atoms with Crippen molar-refractivity contribution < 1.29 is 18.1 Å².